The van der Waals surface area contributed by atoms with E-state index in [9.17, 15) is 0 Å². The monoisotopic (exact) mass is 280 g/mol. The van der Waals surface area contributed by atoms with Crippen molar-refractivity contribution < 1.29 is 0 Å². The zero-order valence-corrected chi connectivity index (χ0v) is 14.5. The summed E-state index contributed by atoms with van der Waals surface area (Å²) >= 11 is 0. The van der Waals surface area contributed by atoms with E-state index < -0.39 is 0 Å². The van der Waals surface area contributed by atoms with E-state index in [2.05, 4.69) is 44.8 Å². The molecule has 1 saturated carbocycles. The average Bonchev–Trinajstić information content (AvgIpc) is 2.54. The van der Waals surface area contributed by atoms with Crippen molar-refractivity contribution in [2.45, 2.75) is 85.2 Å². The summed E-state index contributed by atoms with van der Waals surface area (Å²) in [6.45, 7) is 15.9. The molecule has 2 fully saturated rings. The molecule has 2 unspecified atom stereocenters. The molecule has 118 valence electrons. The van der Waals surface area contributed by atoms with Crippen molar-refractivity contribution in [3.8, 4) is 0 Å². The zero-order valence-electron chi connectivity index (χ0n) is 14.5. The summed E-state index contributed by atoms with van der Waals surface area (Å²) in [7, 11) is 0. The molecule has 2 rings (SSSR count). The van der Waals surface area contributed by atoms with E-state index in [1.54, 1.807) is 0 Å². The second kappa shape index (κ2) is 6.36. The minimum absolute atomic E-state index is 0.460. The van der Waals surface area contributed by atoms with Crippen molar-refractivity contribution in [3.63, 3.8) is 0 Å². The third-order valence-corrected chi connectivity index (χ3v) is 5.77. The molecule has 0 aromatic heterocycles. The van der Waals surface area contributed by atoms with E-state index in [1.165, 1.54) is 58.2 Å². The third kappa shape index (κ3) is 3.76. The molecule has 2 heteroatoms. The van der Waals surface area contributed by atoms with Crippen LogP contribution in [0.2, 0.25) is 0 Å². The maximum Gasteiger partial charge on any atom is 0.0274 e. The summed E-state index contributed by atoms with van der Waals surface area (Å²) in [6.07, 6.45) is 8.14. The van der Waals surface area contributed by atoms with Crippen LogP contribution < -0.4 is 5.32 Å². The Balaban J connectivity index is 2.02. The highest BCUT2D eigenvalue weighted by Gasteiger charge is 2.44. The number of hydrogen-bond acceptors (Lipinski definition) is 2. The van der Waals surface area contributed by atoms with Crippen LogP contribution in [-0.4, -0.2) is 36.6 Å². The molecule has 1 N–H and O–H groups in total. The molecule has 2 atom stereocenters. The van der Waals surface area contributed by atoms with Gasteiger partial charge in [-0.1, -0.05) is 34.6 Å². The Morgan fingerprint density at radius 1 is 1.05 bits per heavy atom. The lowest BCUT2D eigenvalue weighted by atomic mass is 9.85. The molecule has 0 aromatic carbocycles. The topological polar surface area (TPSA) is 15.3 Å². The maximum atomic E-state index is 3.87. The predicted octanol–water partition coefficient (Wildman–Crippen LogP) is 4.06. The number of likely N-dealkylation sites (tertiary alicyclic amines) is 1. The first-order chi connectivity index (χ1) is 9.36. The van der Waals surface area contributed by atoms with Crippen LogP contribution in [0.4, 0.5) is 0 Å². The largest absolute Gasteiger partial charge is 0.312 e. The van der Waals surface area contributed by atoms with Gasteiger partial charge in [0.1, 0.15) is 0 Å². The molecule has 2 nitrogen and oxygen atoms in total. The molecular weight excluding hydrogens is 244 g/mol. The predicted molar refractivity (Wildman–Crippen MR) is 88.1 cm³/mol. The van der Waals surface area contributed by atoms with Gasteiger partial charge in [-0.3, -0.25) is 4.90 Å². The molecule has 1 aliphatic heterocycles. The van der Waals surface area contributed by atoms with Gasteiger partial charge in [0, 0.05) is 12.1 Å². The van der Waals surface area contributed by atoms with Crippen molar-refractivity contribution in [2.75, 3.05) is 19.6 Å². The molecule has 1 heterocycles. The fourth-order valence-electron chi connectivity index (χ4n) is 4.24. The molecule has 2 aliphatic rings. The first-order valence-electron chi connectivity index (χ1n) is 8.83. The normalized spacial score (nSPS) is 34.0. The van der Waals surface area contributed by atoms with Crippen molar-refractivity contribution in [1.29, 1.82) is 0 Å². The highest BCUT2D eigenvalue weighted by Crippen LogP contribution is 2.41. The number of nitrogens with one attached hydrogen (secondary N) is 1. The van der Waals surface area contributed by atoms with Crippen molar-refractivity contribution in [1.82, 2.24) is 10.2 Å². The summed E-state index contributed by atoms with van der Waals surface area (Å²) < 4.78 is 0. The Morgan fingerprint density at radius 3 is 2.50 bits per heavy atom. The minimum atomic E-state index is 0.460. The Kier molecular flexibility index (Phi) is 5.18. The lowest BCUT2D eigenvalue weighted by Gasteiger charge is -2.37. The molecular formula is C18H36N2. The number of nitrogens with zero attached hydrogens (tertiary/aromatic N) is 1. The van der Waals surface area contributed by atoms with Crippen molar-refractivity contribution in [3.05, 3.63) is 0 Å². The third-order valence-electron chi connectivity index (χ3n) is 5.77. The standard InChI is InChI=1S/C18H36N2/c1-6-12-19-16-15(8-10-18(16,4)5)20-13-7-9-17(2,3)11-14-20/h15-16,19H,6-14H2,1-5H3. The van der Waals surface area contributed by atoms with Gasteiger partial charge in [-0.15, -0.1) is 0 Å². The SMILES string of the molecule is CCCNC1C(N2CCCC(C)(C)CC2)CCC1(C)C. The number of hydrogen-bond donors (Lipinski definition) is 1. The van der Waals surface area contributed by atoms with Gasteiger partial charge in [0.2, 0.25) is 0 Å². The Morgan fingerprint density at radius 2 is 1.80 bits per heavy atom. The quantitative estimate of drug-likeness (QED) is 0.835. The van der Waals surface area contributed by atoms with E-state index in [0.717, 1.165) is 6.04 Å². The van der Waals surface area contributed by atoms with Crippen LogP contribution >= 0.6 is 0 Å². The fourth-order valence-corrected chi connectivity index (χ4v) is 4.24. The van der Waals surface area contributed by atoms with Crippen LogP contribution in [0.15, 0.2) is 0 Å². The first-order valence-corrected chi connectivity index (χ1v) is 8.83. The van der Waals surface area contributed by atoms with Gasteiger partial charge in [0.15, 0.2) is 0 Å². The highest BCUT2D eigenvalue weighted by molar-refractivity contribution is 5.01. The Hall–Kier alpha value is -0.0800. The van der Waals surface area contributed by atoms with Crippen LogP contribution in [0.25, 0.3) is 0 Å². The molecule has 1 saturated heterocycles. The number of rotatable bonds is 4. The fraction of sp³-hybridized carbons (Fsp3) is 1.00. The molecule has 1 aliphatic carbocycles. The van der Waals surface area contributed by atoms with Gasteiger partial charge < -0.3 is 5.32 Å². The minimum Gasteiger partial charge on any atom is -0.312 e. The summed E-state index contributed by atoms with van der Waals surface area (Å²) in [5.41, 5.74) is 1.01. The van der Waals surface area contributed by atoms with Gasteiger partial charge >= 0.3 is 0 Å². The van der Waals surface area contributed by atoms with E-state index in [4.69, 9.17) is 0 Å². The second-order valence-electron chi connectivity index (χ2n) is 8.58. The van der Waals surface area contributed by atoms with E-state index >= 15 is 0 Å². The molecule has 0 aromatic rings. The van der Waals surface area contributed by atoms with Gasteiger partial charge in [0.05, 0.1) is 0 Å². The lowest BCUT2D eigenvalue weighted by molar-refractivity contribution is 0.143. The van der Waals surface area contributed by atoms with Gasteiger partial charge in [0.25, 0.3) is 0 Å². The maximum absolute atomic E-state index is 3.87. The lowest BCUT2D eigenvalue weighted by Crippen LogP contribution is -2.52. The van der Waals surface area contributed by atoms with E-state index in [0.29, 0.717) is 16.9 Å². The van der Waals surface area contributed by atoms with Crippen LogP contribution in [0.5, 0.6) is 0 Å². The summed E-state index contributed by atoms with van der Waals surface area (Å²) in [6, 6.07) is 1.45. The first kappa shape index (κ1) is 16.3. The molecule has 20 heavy (non-hydrogen) atoms. The summed E-state index contributed by atoms with van der Waals surface area (Å²) in [5.74, 6) is 0. The summed E-state index contributed by atoms with van der Waals surface area (Å²) in [4.78, 5) is 2.82. The molecule has 0 spiro atoms. The zero-order chi connectivity index (χ0) is 14.8. The van der Waals surface area contributed by atoms with Gasteiger partial charge in [-0.2, -0.15) is 0 Å². The van der Waals surface area contributed by atoms with Crippen LogP contribution in [0, 0.1) is 10.8 Å². The van der Waals surface area contributed by atoms with Gasteiger partial charge in [-0.05, 0) is 69.0 Å². The van der Waals surface area contributed by atoms with Crippen LogP contribution in [0.1, 0.15) is 73.1 Å². The van der Waals surface area contributed by atoms with E-state index in [1.807, 2.05) is 0 Å². The van der Waals surface area contributed by atoms with E-state index in [-0.39, 0.29) is 0 Å². The average molecular weight is 280 g/mol. The smallest absolute Gasteiger partial charge is 0.0274 e. The van der Waals surface area contributed by atoms with Crippen LogP contribution in [-0.2, 0) is 0 Å². The van der Waals surface area contributed by atoms with Crippen LogP contribution in [0.3, 0.4) is 0 Å². The second-order valence-corrected chi connectivity index (χ2v) is 8.58. The van der Waals surface area contributed by atoms with Gasteiger partial charge in [-0.25, -0.2) is 0 Å². The van der Waals surface area contributed by atoms with Crippen molar-refractivity contribution >= 4 is 0 Å². The molecule has 0 amide bonds. The summed E-state index contributed by atoms with van der Waals surface area (Å²) in [5, 5.41) is 3.87. The Labute approximate surface area is 126 Å². The highest BCUT2D eigenvalue weighted by atomic mass is 15.2. The van der Waals surface area contributed by atoms with Crippen molar-refractivity contribution in [2.24, 2.45) is 10.8 Å². The Bertz CT molecular complexity index is 309. The molecule has 0 radical (unpaired) electrons. The molecule has 0 bridgehead atoms.